The summed E-state index contributed by atoms with van der Waals surface area (Å²) in [5, 5.41) is 8.30. The van der Waals surface area contributed by atoms with E-state index >= 15 is 0 Å². The van der Waals surface area contributed by atoms with E-state index in [0.717, 1.165) is 18.4 Å². The monoisotopic (exact) mass is 445 g/mol. The Morgan fingerprint density at radius 1 is 1.17 bits per heavy atom. The predicted octanol–water partition coefficient (Wildman–Crippen LogP) is 4.70. The van der Waals surface area contributed by atoms with E-state index in [2.05, 4.69) is 15.8 Å². The minimum atomic E-state index is -0.555. The normalized spacial score (nSPS) is 14.3. The van der Waals surface area contributed by atoms with Crippen molar-refractivity contribution in [3.63, 3.8) is 0 Å². The second-order valence-electron chi connectivity index (χ2n) is 6.96. The molecular formula is C22H24ClN3O3S. The summed E-state index contributed by atoms with van der Waals surface area (Å²) in [5.74, 6) is 0.144. The van der Waals surface area contributed by atoms with Gasteiger partial charge in [0.2, 0.25) is 0 Å². The first kappa shape index (κ1) is 22.1. The maximum absolute atomic E-state index is 12.4. The van der Waals surface area contributed by atoms with Gasteiger partial charge in [0.15, 0.2) is 16.6 Å². The lowest BCUT2D eigenvalue weighted by atomic mass is 9.96. The van der Waals surface area contributed by atoms with Crippen LogP contribution in [0.2, 0.25) is 5.02 Å². The molecule has 3 rings (SSSR count). The van der Waals surface area contributed by atoms with Gasteiger partial charge in [-0.1, -0.05) is 43.0 Å². The van der Waals surface area contributed by atoms with E-state index in [0.29, 0.717) is 27.7 Å². The Hall–Kier alpha value is -2.64. The summed E-state index contributed by atoms with van der Waals surface area (Å²) >= 11 is 11.4. The molecule has 0 radical (unpaired) electrons. The van der Waals surface area contributed by atoms with Gasteiger partial charge in [0.1, 0.15) is 0 Å². The van der Waals surface area contributed by atoms with Crippen molar-refractivity contribution in [2.24, 2.45) is 5.10 Å². The number of hydrogen-bond donors (Lipinski definition) is 2. The van der Waals surface area contributed by atoms with E-state index in [-0.39, 0.29) is 5.56 Å². The Morgan fingerprint density at radius 3 is 2.67 bits per heavy atom. The third-order valence-corrected chi connectivity index (χ3v) is 5.34. The van der Waals surface area contributed by atoms with Crippen molar-refractivity contribution in [1.29, 1.82) is 0 Å². The highest BCUT2D eigenvalue weighted by atomic mass is 35.5. The molecule has 1 saturated carbocycles. The quantitative estimate of drug-likeness (QED) is 0.221. The molecule has 30 heavy (non-hydrogen) atoms. The van der Waals surface area contributed by atoms with Crippen LogP contribution in [0.4, 0.5) is 0 Å². The van der Waals surface area contributed by atoms with E-state index < -0.39 is 5.97 Å². The molecule has 0 heterocycles. The highest BCUT2D eigenvalue weighted by molar-refractivity contribution is 7.80. The van der Waals surface area contributed by atoms with Gasteiger partial charge in [0, 0.05) is 6.04 Å². The molecule has 0 spiro atoms. The lowest BCUT2D eigenvalue weighted by molar-refractivity contribution is 0.0730. The molecule has 0 saturated heterocycles. The molecule has 6 nitrogen and oxygen atoms in total. The molecule has 8 heteroatoms. The van der Waals surface area contributed by atoms with E-state index in [1.807, 2.05) is 0 Å². The molecule has 158 valence electrons. The van der Waals surface area contributed by atoms with Gasteiger partial charge in [-0.3, -0.25) is 5.43 Å². The highest BCUT2D eigenvalue weighted by Crippen LogP contribution is 2.29. The SMILES string of the molecule is COc1cc(/C=N\NC(=S)NC2CCCCC2)ccc1OC(=O)c1ccccc1Cl. The van der Waals surface area contributed by atoms with Gasteiger partial charge < -0.3 is 14.8 Å². The molecule has 0 atom stereocenters. The van der Waals surface area contributed by atoms with Crippen molar-refractivity contribution in [2.45, 2.75) is 38.1 Å². The average molecular weight is 446 g/mol. The van der Waals surface area contributed by atoms with Crippen molar-refractivity contribution in [1.82, 2.24) is 10.7 Å². The van der Waals surface area contributed by atoms with Crippen LogP contribution in [0.25, 0.3) is 0 Å². The molecule has 0 aliphatic heterocycles. The molecular weight excluding hydrogens is 422 g/mol. The van der Waals surface area contributed by atoms with Crippen LogP contribution in [0.5, 0.6) is 11.5 Å². The summed E-state index contributed by atoms with van der Waals surface area (Å²) in [4.78, 5) is 12.4. The minimum absolute atomic E-state index is 0.287. The van der Waals surface area contributed by atoms with Gasteiger partial charge in [-0.2, -0.15) is 5.10 Å². The first-order chi connectivity index (χ1) is 14.6. The van der Waals surface area contributed by atoms with Gasteiger partial charge >= 0.3 is 5.97 Å². The lowest BCUT2D eigenvalue weighted by Gasteiger charge is -2.23. The number of hydrogen-bond acceptors (Lipinski definition) is 5. The first-order valence-corrected chi connectivity index (χ1v) is 10.6. The number of nitrogens with zero attached hydrogens (tertiary/aromatic N) is 1. The van der Waals surface area contributed by atoms with Gasteiger partial charge in [0.25, 0.3) is 0 Å². The molecule has 0 bridgehead atoms. The summed E-state index contributed by atoms with van der Waals surface area (Å²) in [5.41, 5.74) is 3.89. The number of carbonyl (C=O) groups excluding carboxylic acids is 1. The van der Waals surface area contributed by atoms with Crippen LogP contribution in [0.1, 0.15) is 48.0 Å². The number of rotatable bonds is 6. The number of benzene rings is 2. The fourth-order valence-electron chi connectivity index (χ4n) is 3.26. The van der Waals surface area contributed by atoms with Crippen molar-refractivity contribution in [3.05, 3.63) is 58.6 Å². The second kappa shape index (κ2) is 10.9. The Labute approximate surface area is 186 Å². The van der Waals surface area contributed by atoms with Gasteiger partial charge in [-0.25, -0.2) is 4.79 Å². The molecule has 1 aliphatic carbocycles. The maximum Gasteiger partial charge on any atom is 0.345 e. The number of carbonyl (C=O) groups is 1. The Morgan fingerprint density at radius 2 is 1.93 bits per heavy atom. The van der Waals surface area contributed by atoms with Crippen LogP contribution in [0.3, 0.4) is 0 Å². The van der Waals surface area contributed by atoms with Crippen LogP contribution in [-0.2, 0) is 0 Å². The molecule has 2 aromatic rings. The van der Waals surface area contributed by atoms with E-state index in [1.165, 1.54) is 26.4 Å². The highest BCUT2D eigenvalue weighted by Gasteiger charge is 2.16. The van der Waals surface area contributed by atoms with E-state index in [1.54, 1.807) is 48.7 Å². The third kappa shape index (κ3) is 6.18. The van der Waals surface area contributed by atoms with Crippen LogP contribution < -0.4 is 20.2 Å². The standard InChI is InChI=1S/C22H24ClN3O3S/c1-28-20-13-15(14-24-26-22(30)25-16-7-3-2-4-8-16)11-12-19(20)29-21(27)17-9-5-6-10-18(17)23/h5-6,9-14,16H,2-4,7-8H2,1H3,(H2,25,26,30)/b24-14-. The summed E-state index contributed by atoms with van der Waals surface area (Å²) in [6, 6.07) is 12.3. The number of esters is 1. The Kier molecular flexibility index (Phi) is 8.04. The minimum Gasteiger partial charge on any atom is -0.493 e. The van der Waals surface area contributed by atoms with Crippen molar-refractivity contribution in [3.8, 4) is 11.5 Å². The van der Waals surface area contributed by atoms with Crippen molar-refractivity contribution in [2.75, 3.05) is 7.11 Å². The number of halogens is 1. The maximum atomic E-state index is 12.4. The first-order valence-electron chi connectivity index (χ1n) is 9.81. The number of nitrogens with one attached hydrogen (secondary N) is 2. The topological polar surface area (TPSA) is 71.9 Å². The summed E-state index contributed by atoms with van der Waals surface area (Å²) in [7, 11) is 1.50. The summed E-state index contributed by atoms with van der Waals surface area (Å²) < 4.78 is 10.8. The van der Waals surface area contributed by atoms with E-state index in [9.17, 15) is 4.79 Å². The molecule has 0 unspecified atom stereocenters. The number of thiocarbonyl (C=S) groups is 1. The predicted molar refractivity (Wildman–Crippen MR) is 123 cm³/mol. The van der Waals surface area contributed by atoms with Crippen LogP contribution in [0.15, 0.2) is 47.6 Å². The molecule has 0 amide bonds. The molecule has 2 N–H and O–H groups in total. The summed E-state index contributed by atoms with van der Waals surface area (Å²) in [6.07, 6.45) is 7.65. The molecule has 1 fully saturated rings. The third-order valence-electron chi connectivity index (χ3n) is 4.80. The van der Waals surface area contributed by atoms with Gasteiger partial charge in [-0.15, -0.1) is 0 Å². The fraction of sp³-hybridized carbons (Fsp3) is 0.318. The van der Waals surface area contributed by atoms with Crippen molar-refractivity contribution < 1.29 is 14.3 Å². The van der Waals surface area contributed by atoms with Gasteiger partial charge in [-0.05, 0) is 61.0 Å². The van der Waals surface area contributed by atoms with E-state index in [4.69, 9.17) is 33.3 Å². The number of ether oxygens (including phenoxy) is 2. The number of methoxy groups -OCH3 is 1. The zero-order chi connectivity index (χ0) is 21.3. The molecule has 1 aliphatic rings. The van der Waals surface area contributed by atoms with Crippen LogP contribution in [0, 0.1) is 0 Å². The zero-order valence-corrected chi connectivity index (χ0v) is 18.3. The fourth-order valence-corrected chi connectivity index (χ4v) is 3.69. The molecule has 2 aromatic carbocycles. The molecule has 0 aromatic heterocycles. The smallest absolute Gasteiger partial charge is 0.345 e. The zero-order valence-electron chi connectivity index (χ0n) is 16.7. The van der Waals surface area contributed by atoms with Crippen molar-refractivity contribution >= 4 is 41.1 Å². The van der Waals surface area contributed by atoms with Crippen LogP contribution in [-0.4, -0.2) is 30.4 Å². The largest absolute Gasteiger partial charge is 0.493 e. The Bertz CT molecular complexity index is 930. The van der Waals surface area contributed by atoms with Crippen LogP contribution >= 0.6 is 23.8 Å². The summed E-state index contributed by atoms with van der Waals surface area (Å²) in [6.45, 7) is 0. The number of hydrazone groups is 1. The Balaban J connectivity index is 1.59. The lowest BCUT2D eigenvalue weighted by Crippen LogP contribution is -2.40. The second-order valence-corrected chi connectivity index (χ2v) is 7.77. The average Bonchev–Trinajstić information content (AvgIpc) is 2.75. The van der Waals surface area contributed by atoms with Gasteiger partial charge in [0.05, 0.1) is 23.9 Å².